The van der Waals surface area contributed by atoms with Gasteiger partial charge in [0.1, 0.15) is 5.03 Å². The number of hydrogen-bond donors (Lipinski definition) is 1. The van der Waals surface area contributed by atoms with E-state index in [1.807, 2.05) is 42.3 Å². The predicted molar refractivity (Wildman–Crippen MR) is 140 cm³/mol. The zero-order valence-corrected chi connectivity index (χ0v) is 20.7. The number of aromatic nitrogens is 2. The van der Waals surface area contributed by atoms with Crippen LogP contribution in [-0.4, -0.2) is 60.2 Å². The summed E-state index contributed by atoms with van der Waals surface area (Å²) in [6, 6.07) is 16.5. The fourth-order valence-corrected chi connectivity index (χ4v) is 5.52. The average Bonchev–Trinajstić information content (AvgIpc) is 2.88. The van der Waals surface area contributed by atoms with E-state index in [9.17, 15) is 4.79 Å². The van der Waals surface area contributed by atoms with Crippen molar-refractivity contribution < 1.29 is 9.53 Å². The van der Waals surface area contributed by atoms with E-state index in [0.717, 1.165) is 65.5 Å². The Labute approximate surface area is 208 Å². The highest BCUT2D eigenvalue weighted by Gasteiger charge is 2.20. The molecule has 0 bridgehead atoms. The highest BCUT2D eigenvalue weighted by Crippen LogP contribution is 2.31. The third-order valence-electron chi connectivity index (χ3n) is 5.77. The minimum atomic E-state index is 0.178. The molecule has 1 amide bonds. The van der Waals surface area contributed by atoms with E-state index < -0.39 is 0 Å². The van der Waals surface area contributed by atoms with Gasteiger partial charge in [-0.15, -0.1) is 0 Å². The van der Waals surface area contributed by atoms with Crippen molar-refractivity contribution in [2.45, 2.75) is 16.8 Å². The summed E-state index contributed by atoms with van der Waals surface area (Å²) in [6.07, 6.45) is 1.85. The van der Waals surface area contributed by atoms with Gasteiger partial charge < -0.3 is 19.9 Å². The zero-order valence-electron chi connectivity index (χ0n) is 19.1. The summed E-state index contributed by atoms with van der Waals surface area (Å²) < 4.78 is 5.44. The number of nitrogens with zero attached hydrogens (tertiary/aromatic N) is 4. The summed E-state index contributed by atoms with van der Waals surface area (Å²) >= 11 is 3.29. The lowest BCUT2D eigenvalue weighted by molar-refractivity contribution is -0.116. The molecular weight excluding hydrogens is 466 g/mol. The van der Waals surface area contributed by atoms with Crippen LogP contribution in [0.1, 0.15) is 5.56 Å². The number of amides is 1. The molecule has 0 atom stereocenters. The number of hydrogen-bond acceptors (Lipinski definition) is 8. The topological polar surface area (TPSA) is 70.6 Å². The number of benzene rings is 2. The number of ether oxygens (including phenoxy) is 1. The molecule has 0 saturated carbocycles. The first-order chi connectivity index (χ1) is 16.7. The van der Waals surface area contributed by atoms with Crippen molar-refractivity contribution in [1.29, 1.82) is 0 Å². The molecule has 1 N–H and O–H groups in total. The van der Waals surface area contributed by atoms with E-state index in [1.165, 1.54) is 5.69 Å². The summed E-state index contributed by atoms with van der Waals surface area (Å²) in [7, 11) is 0. The molecule has 2 saturated heterocycles. The van der Waals surface area contributed by atoms with Gasteiger partial charge in [0.2, 0.25) is 11.9 Å². The Morgan fingerprint density at radius 3 is 2.47 bits per heavy atom. The van der Waals surface area contributed by atoms with Crippen molar-refractivity contribution >= 4 is 52.4 Å². The quantitative estimate of drug-likeness (QED) is 0.500. The SMILES string of the molecule is Cc1cnc(Nc2ccc(N3CCOCC3)cc2)nc1Sc1ccc(N2CCSCC2=O)cc1. The molecule has 0 radical (unpaired) electrons. The van der Waals surface area contributed by atoms with Gasteiger partial charge in [0.25, 0.3) is 0 Å². The van der Waals surface area contributed by atoms with Crippen molar-refractivity contribution in [2.24, 2.45) is 0 Å². The van der Waals surface area contributed by atoms with Crippen LogP contribution < -0.4 is 15.1 Å². The van der Waals surface area contributed by atoms with Crippen molar-refractivity contribution in [3.63, 3.8) is 0 Å². The average molecular weight is 494 g/mol. The van der Waals surface area contributed by atoms with E-state index in [4.69, 9.17) is 9.72 Å². The number of aryl methyl sites for hydroxylation is 1. The number of carbonyl (C=O) groups excluding carboxylic acids is 1. The second kappa shape index (κ2) is 10.7. The van der Waals surface area contributed by atoms with Gasteiger partial charge in [-0.1, -0.05) is 11.8 Å². The molecule has 2 aliphatic rings. The third-order valence-corrected chi connectivity index (χ3v) is 7.81. The summed E-state index contributed by atoms with van der Waals surface area (Å²) in [6.45, 7) is 6.17. The molecule has 1 aromatic heterocycles. The maximum atomic E-state index is 12.2. The largest absolute Gasteiger partial charge is 0.378 e. The van der Waals surface area contributed by atoms with Crippen LogP contribution in [0, 0.1) is 6.92 Å². The minimum absolute atomic E-state index is 0.178. The molecule has 0 spiro atoms. The molecule has 34 heavy (non-hydrogen) atoms. The first-order valence-corrected chi connectivity index (χ1v) is 13.3. The summed E-state index contributed by atoms with van der Waals surface area (Å²) in [5.74, 6) is 2.29. The molecule has 0 aliphatic carbocycles. The Kier molecular flexibility index (Phi) is 7.22. The van der Waals surface area contributed by atoms with Crippen LogP contribution in [0.5, 0.6) is 0 Å². The predicted octanol–water partition coefficient (Wildman–Crippen LogP) is 4.60. The van der Waals surface area contributed by atoms with Crippen LogP contribution in [0.3, 0.4) is 0 Å². The van der Waals surface area contributed by atoms with Gasteiger partial charge in [-0.25, -0.2) is 9.97 Å². The first-order valence-electron chi connectivity index (χ1n) is 11.4. The standard InChI is InChI=1S/C25H27N5O2S2/c1-18-16-26-25(27-19-2-4-20(5-3-19)29-10-13-32-14-11-29)28-24(18)34-22-8-6-21(7-9-22)30-12-15-33-17-23(30)31/h2-9,16H,10-15,17H2,1H3,(H,26,27,28). The second-order valence-corrected chi connectivity index (χ2v) is 10.3. The van der Waals surface area contributed by atoms with Crippen molar-refractivity contribution in [3.8, 4) is 0 Å². The molecule has 5 rings (SSSR count). The van der Waals surface area contributed by atoms with Crippen molar-refractivity contribution in [2.75, 3.05) is 59.5 Å². The minimum Gasteiger partial charge on any atom is -0.378 e. The van der Waals surface area contributed by atoms with E-state index in [2.05, 4.69) is 39.5 Å². The van der Waals surface area contributed by atoms with Gasteiger partial charge >= 0.3 is 0 Å². The summed E-state index contributed by atoms with van der Waals surface area (Å²) in [5.41, 5.74) is 4.12. The van der Waals surface area contributed by atoms with E-state index in [-0.39, 0.29) is 5.91 Å². The van der Waals surface area contributed by atoms with Crippen LogP contribution in [0.2, 0.25) is 0 Å². The fraction of sp³-hybridized carbons (Fsp3) is 0.320. The Hall–Kier alpha value is -2.75. The van der Waals surface area contributed by atoms with Crippen LogP contribution in [0.25, 0.3) is 0 Å². The maximum Gasteiger partial charge on any atom is 0.237 e. The Morgan fingerprint density at radius 1 is 1.00 bits per heavy atom. The van der Waals surface area contributed by atoms with E-state index in [1.54, 1.807) is 23.5 Å². The second-order valence-electron chi connectivity index (χ2n) is 8.15. The number of rotatable bonds is 6. The monoisotopic (exact) mass is 493 g/mol. The van der Waals surface area contributed by atoms with Crippen LogP contribution in [0.15, 0.2) is 64.6 Å². The molecule has 2 aliphatic heterocycles. The van der Waals surface area contributed by atoms with Gasteiger partial charge in [0, 0.05) is 59.1 Å². The number of nitrogens with one attached hydrogen (secondary N) is 1. The van der Waals surface area contributed by atoms with Crippen LogP contribution in [0.4, 0.5) is 23.0 Å². The number of carbonyl (C=O) groups is 1. The molecular formula is C25H27N5O2S2. The molecule has 3 aromatic rings. The lowest BCUT2D eigenvalue weighted by atomic mass is 10.2. The Balaban J connectivity index is 1.25. The van der Waals surface area contributed by atoms with Gasteiger partial charge in [-0.05, 0) is 55.5 Å². The first kappa shape index (κ1) is 23.0. The molecule has 0 unspecified atom stereocenters. The normalized spacial score (nSPS) is 16.6. The molecule has 2 fully saturated rings. The van der Waals surface area contributed by atoms with Crippen molar-refractivity contribution in [1.82, 2.24) is 9.97 Å². The Bertz CT molecular complexity index is 1140. The third kappa shape index (κ3) is 5.48. The van der Waals surface area contributed by atoms with Crippen molar-refractivity contribution in [3.05, 3.63) is 60.3 Å². The van der Waals surface area contributed by atoms with E-state index in [0.29, 0.717) is 11.7 Å². The lowest BCUT2D eigenvalue weighted by Gasteiger charge is -2.28. The highest BCUT2D eigenvalue weighted by molar-refractivity contribution is 8.00. The van der Waals surface area contributed by atoms with Gasteiger partial charge in [0.15, 0.2) is 0 Å². The molecule has 3 heterocycles. The van der Waals surface area contributed by atoms with Gasteiger partial charge in [-0.3, -0.25) is 4.79 Å². The number of morpholine rings is 1. The lowest BCUT2D eigenvalue weighted by Crippen LogP contribution is -2.38. The summed E-state index contributed by atoms with van der Waals surface area (Å²) in [4.78, 5) is 26.7. The van der Waals surface area contributed by atoms with Gasteiger partial charge in [-0.2, -0.15) is 11.8 Å². The fourth-order valence-electron chi connectivity index (χ4n) is 3.89. The molecule has 176 valence electrons. The highest BCUT2D eigenvalue weighted by atomic mass is 32.2. The molecule has 7 nitrogen and oxygen atoms in total. The van der Waals surface area contributed by atoms with E-state index >= 15 is 0 Å². The smallest absolute Gasteiger partial charge is 0.237 e. The zero-order chi connectivity index (χ0) is 23.3. The van der Waals surface area contributed by atoms with Gasteiger partial charge in [0.05, 0.1) is 19.0 Å². The maximum absolute atomic E-state index is 12.2. The number of anilines is 4. The van der Waals surface area contributed by atoms with Crippen LogP contribution >= 0.6 is 23.5 Å². The Morgan fingerprint density at radius 2 is 1.74 bits per heavy atom. The summed E-state index contributed by atoms with van der Waals surface area (Å²) in [5, 5.41) is 4.22. The van der Waals surface area contributed by atoms with Crippen LogP contribution in [-0.2, 0) is 9.53 Å². The molecule has 9 heteroatoms. The molecule has 2 aromatic carbocycles. The number of thioether (sulfide) groups is 1.